The number of aromatic amines is 1. The minimum Gasteiger partial charge on any atom is -0.399 e. The zero-order valence-electron chi connectivity index (χ0n) is 18.9. The lowest BCUT2D eigenvalue weighted by Gasteiger charge is -2.10. The first-order valence-electron chi connectivity index (χ1n) is 11.2. The highest BCUT2D eigenvalue weighted by molar-refractivity contribution is 6.11. The second-order valence-electron chi connectivity index (χ2n) is 8.35. The standard InChI is InChI=1S/C28H21F3N4O/c29-28(30,31)19-10-8-18(9-11-19)26-27-23(22-3-1-2-4-24(22)35-27)15-21(34-26)16-33-25(36)14-7-17-5-12-20(32)13-6-17/h1-15,35H,16,32H2,(H,33,36)/b14-7+. The summed E-state index contributed by atoms with van der Waals surface area (Å²) in [6.45, 7) is 0.147. The van der Waals surface area contributed by atoms with Crippen LogP contribution in [0.4, 0.5) is 18.9 Å². The Bertz CT molecular complexity index is 1580. The number of carbonyl (C=O) groups is 1. The van der Waals surface area contributed by atoms with Gasteiger partial charge in [-0.15, -0.1) is 0 Å². The largest absolute Gasteiger partial charge is 0.416 e. The number of hydrogen-bond acceptors (Lipinski definition) is 3. The molecule has 5 nitrogen and oxygen atoms in total. The van der Waals surface area contributed by atoms with Crippen molar-refractivity contribution in [1.29, 1.82) is 0 Å². The molecular formula is C28H21F3N4O. The zero-order valence-corrected chi connectivity index (χ0v) is 18.9. The first-order valence-corrected chi connectivity index (χ1v) is 11.2. The van der Waals surface area contributed by atoms with Crippen molar-refractivity contribution in [3.8, 4) is 11.3 Å². The van der Waals surface area contributed by atoms with E-state index in [9.17, 15) is 18.0 Å². The summed E-state index contributed by atoms with van der Waals surface area (Å²) in [5.41, 5.74) is 9.66. The van der Waals surface area contributed by atoms with E-state index in [-0.39, 0.29) is 12.5 Å². The third-order valence-corrected chi connectivity index (χ3v) is 5.84. The number of pyridine rings is 1. The summed E-state index contributed by atoms with van der Waals surface area (Å²) in [7, 11) is 0. The molecule has 8 heteroatoms. The van der Waals surface area contributed by atoms with E-state index in [1.54, 1.807) is 18.2 Å². The molecule has 0 unspecified atom stereocenters. The molecule has 0 fully saturated rings. The first kappa shape index (κ1) is 23.2. The van der Waals surface area contributed by atoms with E-state index in [0.717, 1.165) is 34.0 Å². The SMILES string of the molecule is Nc1ccc(/C=C/C(=O)NCc2cc3c([nH]c4ccccc43)c(-c3ccc(C(F)(F)F)cc3)n2)cc1. The van der Waals surface area contributed by atoms with Gasteiger partial charge in [-0.05, 0) is 48.0 Å². The highest BCUT2D eigenvalue weighted by atomic mass is 19.4. The average Bonchev–Trinajstić information content (AvgIpc) is 3.25. The summed E-state index contributed by atoms with van der Waals surface area (Å²) < 4.78 is 39.2. The van der Waals surface area contributed by atoms with Crippen molar-refractivity contribution in [2.24, 2.45) is 0 Å². The Kier molecular flexibility index (Phi) is 5.93. The van der Waals surface area contributed by atoms with Crippen LogP contribution in [0.2, 0.25) is 0 Å². The number of para-hydroxylation sites is 1. The number of anilines is 1. The smallest absolute Gasteiger partial charge is 0.399 e. The number of nitrogens with two attached hydrogens (primary N) is 1. The molecule has 0 saturated heterocycles. The number of aromatic nitrogens is 2. The first-order chi connectivity index (χ1) is 17.3. The second-order valence-corrected chi connectivity index (χ2v) is 8.35. The van der Waals surface area contributed by atoms with Gasteiger partial charge in [0, 0.05) is 33.6 Å². The summed E-state index contributed by atoms with van der Waals surface area (Å²) >= 11 is 0. The van der Waals surface area contributed by atoms with Crippen LogP contribution in [-0.2, 0) is 17.5 Å². The van der Waals surface area contributed by atoms with Crippen molar-refractivity contribution >= 4 is 39.5 Å². The fraction of sp³-hybridized carbons (Fsp3) is 0.0714. The van der Waals surface area contributed by atoms with Gasteiger partial charge in [-0.1, -0.05) is 42.5 Å². The molecule has 3 aromatic carbocycles. The molecule has 5 rings (SSSR count). The molecule has 180 valence electrons. The number of fused-ring (bicyclic) bond motifs is 3. The Morgan fingerprint density at radius 1 is 0.972 bits per heavy atom. The Hall–Kier alpha value is -4.59. The minimum atomic E-state index is -4.42. The van der Waals surface area contributed by atoms with Gasteiger partial charge >= 0.3 is 6.18 Å². The van der Waals surface area contributed by atoms with Gasteiger partial charge < -0.3 is 16.0 Å². The lowest BCUT2D eigenvalue weighted by atomic mass is 10.0. The van der Waals surface area contributed by atoms with E-state index in [2.05, 4.69) is 10.3 Å². The van der Waals surface area contributed by atoms with Crippen LogP contribution in [0, 0.1) is 0 Å². The number of H-pyrrole nitrogens is 1. The number of amides is 1. The van der Waals surface area contributed by atoms with Crippen LogP contribution in [0.25, 0.3) is 39.1 Å². The summed E-state index contributed by atoms with van der Waals surface area (Å²) in [6.07, 6.45) is -1.32. The number of hydrogen-bond donors (Lipinski definition) is 3. The Balaban J connectivity index is 1.47. The van der Waals surface area contributed by atoms with Crippen molar-refractivity contribution < 1.29 is 18.0 Å². The Morgan fingerprint density at radius 3 is 2.42 bits per heavy atom. The third kappa shape index (κ3) is 4.79. The fourth-order valence-electron chi connectivity index (χ4n) is 4.03. The van der Waals surface area contributed by atoms with E-state index >= 15 is 0 Å². The molecule has 36 heavy (non-hydrogen) atoms. The molecule has 5 aromatic rings. The number of nitrogens with zero attached hydrogens (tertiary/aromatic N) is 1. The molecular weight excluding hydrogens is 465 g/mol. The molecule has 0 aliphatic rings. The van der Waals surface area contributed by atoms with Gasteiger partial charge in [-0.25, -0.2) is 4.98 Å². The van der Waals surface area contributed by atoms with Crippen LogP contribution in [0.3, 0.4) is 0 Å². The molecule has 0 bridgehead atoms. The van der Waals surface area contributed by atoms with Gasteiger partial charge in [-0.2, -0.15) is 13.2 Å². The highest BCUT2D eigenvalue weighted by Gasteiger charge is 2.30. The van der Waals surface area contributed by atoms with E-state index < -0.39 is 11.7 Å². The Labute approximate surface area is 204 Å². The highest BCUT2D eigenvalue weighted by Crippen LogP contribution is 2.35. The van der Waals surface area contributed by atoms with Crippen molar-refractivity contribution in [2.45, 2.75) is 12.7 Å². The van der Waals surface area contributed by atoms with Crippen LogP contribution in [-0.4, -0.2) is 15.9 Å². The molecule has 0 atom stereocenters. The maximum absolute atomic E-state index is 13.1. The number of nitrogen functional groups attached to an aromatic ring is 1. The number of nitrogens with one attached hydrogen (secondary N) is 2. The normalized spacial score (nSPS) is 12.0. The van der Waals surface area contributed by atoms with Gasteiger partial charge in [0.1, 0.15) is 0 Å². The molecule has 2 heterocycles. The van der Waals surface area contributed by atoms with Gasteiger partial charge in [0.25, 0.3) is 0 Å². The van der Waals surface area contributed by atoms with Crippen molar-refractivity contribution in [3.05, 3.63) is 102 Å². The lowest BCUT2D eigenvalue weighted by Crippen LogP contribution is -2.21. The molecule has 0 aliphatic carbocycles. The second kappa shape index (κ2) is 9.22. The quantitative estimate of drug-likeness (QED) is 0.201. The van der Waals surface area contributed by atoms with Crippen LogP contribution in [0.5, 0.6) is 0 Å². The molecule has 0 spiro atoms. The molecule has 4 N–H and O–H groups in total. The predicted octanol–water partition coefficient (Wildman–Crippen LogP) is 6.31. The average molecular weight is 486 g/mol. The molecule has 0 saturated carbocycles. The monoisotopic (exact) mass is 486 g/mol. The molecule has 0 aliphatic heterocycles. The molecule has 1 amide bonds. The van der Waals surface area contributed by atoms with Crippen LogP contribution >= 0.6 is 0 Å². The van der Waals surface area contributed by atoms with E-state index in [4.69, 9.17) is 10.7 Å². The predicted molar refractivity (Wildman–Crippen MR) is 136 cm³/mol. The van der Waals surface area contributed by atoms with Crippen molar-refractivity contribution in [2.75, 3.05) is 5.73 Å². The summed E-state index contributed by atoms with van der Waals surface area (Å²) in [5.74, 6) is -0.302. The van der Waals surface area contributed by atoms with Crippen LogP contribution in [0.15, 0.2) is 84.9 Å². The summed E-state index contributed by atoms with van der Waals surface area (Å²) in [4.78, 5) is 20.4. The van der Waals surface area contributed by atoms with E-state index in [0.29, 0.717) is 28.2 Å². The van der Waals surface area contributed by atoms with E-state index in [1.165, 1.54) is 18.2 Å². The maximum atomic E-state index is 13.1. The zero-order chi connectivity index (χ0) is 25.3. The number of benzene rings is 3. The van der Waals surface area contributed by atoms with Gasteiger partial charge in [0.2, 0.25) is 5.91 Å². The van der Waals surface area contributed by atoms with Crippen molar-refractivity contribution in [3.63, 3.8) is 0 Å². The van der Waals surface area contributed by atoms with Gasteiger partial charge in [0.15, 0.2) is 0 Å². The molecule has 0 radical (unpaired) electrons. The van der Waals surface area contributed by atoms with E-state index in [1.807, 2.05) is 42.5 Å². The topological polar surface area (TPSA) is 83.8 Å². The minimum absolute atomic E-state index is 0.147. The number of carbonyl (C=O) groups excluding carboxylic acids is 1. The maximum Gasteiger partial charge on any atom is 0.416 e. The van der Waals surface area contributed by atoms with Crippen molar-refractivity contribution in [1.82, 2.24) is 15.3 Å². The Morgan fingerprint density at radius 2 is 1.69 bits per heavy atom. The van der Waals surface area contributed by atoms with Crippen LogP contribution in [0.1, 0.15) is 16.8 Å². The van der Waals surface area contributed by atoms with Crippen LogP contribution < -0.4 is 11.1 Å². The fourth-order valence-corrected chi connectivity index (χ4v) is 4.03. The number of rotatable bonds is 5. The molecule has 2 aromatic heterocycles. The van der Waals surface area contributed by atoms with Gasteiger partial charge in [0.05, 0.1) is 29.0 Å². The summed E-state index contributed by atoms with van der Waals surface area (Å²) in [6, 6.07) is 21.6. The lowest BCUT2D eigenvalue weighted by molar-refractivity contribution is -0.137. The number of alkyl halides is 3. The summed E-state index contributed by atoms with van der Waals surface area (Å²) in [5, 5.41) is 4.65. The number of halogens is 3. The van der Waals surface area contributed by atoms with Gasteiger partial charge in [-0.3, -0.25) is 4.79 Å². The third-order valence-electron chi connectivity index (χ3n) is 5.84.